The monoisotopic (exact) mass is 373 g/mol. The first-order valence-electron chi connectivity index (χ1n) is 7.99. The predicted molar refractivity (Wildman–Crippen MR) is 90.3 cm³/mol. The molecule has 134 valence electrons. The molecule has 9 heteroatoms. The molecule has 1 saturated carbocycles. The molecule has 3 N–H and O–H groups in total. The van der Waals surface area contributed by atoms with E-state index in [1.54, 1.807) is 0 Å². The van der Waals surface area contributed by atoms with Crippen LogP contribution in [0.4, 0.5) is 0 Å². The second kappa shape index (κ2) is 6.06. The van der Waals surface area contributed by atoms with Crippen molar-refractivity contribution in [2.75, 3.05) is 19.6 Å². The largest absolute Gasteiger partial charge is 0.330 e. The summed E-state index contributed by atoms with van der Waals surface area (Å²) in [5, 5.41) is 0. The van der Waals surface area contributed by atoms with Crippen LogP contribution in [0.3, 0.4) is 0 Å². The molecule has 0 aromatic heterocycles. The third-order valence-electron chi connectivity index (χ3n) is 4.67. The van der Waals surface area contributed by atoms with Crippen molar-refractivity contribution >= 4 is 20.0 Å². The standard InChI is InChI=1S/C15H23N3O4S2/c1-15(10-16)7-8-18(11-15)24(21,22)14-4-2-3-13(9-14)23(19,20)17-12-5-6-12/h2-4,9,12,17H,5-8,10-11,16H2,1H3. The molecule has 1 aromatic carbocycles. The van der Waals surface area contributed by atoms with Crippen molar-refractivity contribution in [1.29, 1.82) is 0 Å². The van der Waals surface area contributed by atoms with Gasteiger partial charge < -0.3 is 5.73 Å². The van der Waals surface area contributed by atoms with E-state index in [-0.39, 0.29) is 21.2 Å². The zero-order chi connectivity index (χ0) is 17.6. The fourth-order valence-corrected chi connectivity index (χ4v) is 5.85. The van der Waals surface area contributed by atoms with Crippen LogP contribution < -0.4 is 10.5 Å². The van der Waals surface area contributed by atoms with Gasteiger partial charge in [-0.05, 0) is 49.4 Å². The first-order chi connectivity index (χ1) is 11.2. The minimum atomic E-state index is -3.73. The molecule has 1 saturated heterocycles. The molecular weight excluding hydrogens is 350 g/mol. The Labute approximate surface area is 143 Å². The van der Waals surface area contributed by atoms with E-state index in [9.17, 15) is 16.8 Å². The van der Waals surface area contributed by atoms with Crippen molar-refractivity contribution < 1.29 is 16.8 Å². The van der Waals surface area contributed by atoms with Crippen molar-refractivity contribution in [3.63, 3.8) is 0 Å². The Hall–Kier alpha value is -1.00. The SMILES string of the molecule is CC1(CN)CCN(S(=O)(=O)c2cccc(S(=O)(=O)NC3CC3)c2)C1. The van der Waals surface area contributed by atoms with Gasteiger partial charge in [-0.25, -0.2) is 21.6 Å². The zero-order valence-electron chi connectivity index (χ0n) is 13.6. The summed E-state index contributed by atoms with van der Waals surface area (Å²) in [6, 6.07) is 5.52. The van der Waals surface area contributed by atoms with Crippen molar-refractivity contribution in [1.82, 2.24) is 9.03 Å². The van der Waals surface area contributed by atoms with Crippen LogP contribution in [0.1, 0.15) is 26.2 Å². The lowest BCUT2D eigenvalue weighted by molar-refractivity contribution is 0.349. The highest BCUT2D eigenvalue weighted by molar-refractivity contribution is 7.90. The predicted octanol–water partition coefficient (Wildman–Crippen LogP) is 0.487. The van der Waals surface area contributed by atoms with Crippen LogP contribution in [0.5, 0.6) is 0 Å². The number of nitrogens with zero attached hydrogens (tertiary/aromatic N) is 1. The summed E-state index contributed by atoms with van der Waals surface area (Å²) in [6.45, 7) is 3.12. The van der Waals surface area contributed by atoms with E-state index in [1.807, 2.05) is 6.92 Å². The van der Waals surface area contributed by atoms with Gasteiger partial charge >= 0.3 is 0 Å². The molecule has 24 heavy (non-hydrogen) atoms. The molecule has 2 fully saturated rings. The molecule has 0 radical (unpaired) electrons. The van der Waals surface area contributed by atoms with Crippen LogP contribution in [-0.2, 0) is 20.0 Å². The summed E-state index contributed by atoms with van der Waals surface area (Å²) in [5.74, 6) is 0. The van der Waals surface area contributed by atoms with Gasteiger partial charge in [0.2, 0.25) is 20.0 Å². The molecule has 0 bridgehead atoms. The Morgan fingerprint density at radius 1 is 1.25 bits per heavy atom. The maximum absolute atomic E-state index is 12.8. The van der Waals surface area contributed by atoms with E-state index in [4.69, 9.17) is 5.73 Å². The van der Waals surface area contributed by atoms with Crippen LogP contribution in [0, 0.1) is 5.41 Å². The van der Waals surface area contributed by atoms with E-state index in [0.29, 0.717) is 26.1 Å². The maximum atomic E-state index is 12.8. The van der Waals surface area contributed by atoms with Gasteiger partial charge in [-0.15, -0.1) is 0 Å². The molecule has 1 aromatic rings. The second-order valence-corrected chi connectivity index (χ2v) is 10.6. The number of benzene rings is 1. The molecule has 2 aliphatic rings. The van der Waals surface area contributed by atoms with Crippen molar-refractivity contribution in [3.05, 3.63) is 24.3 Å². The third kappa shape index (κ3) is 3.50. The number of hydrogen-bond donors (Lipinski definition) is 2. The molecule has 3 rings (SSSR count). The number of hydrogen-bond acceptors (Lipinski definition) is 5. The molecule has 1 aliphatic carbocycles. The first-order valence-corrected chi connectivity index (χ1v) is 10.9. The summed E-state index contributed by atoms with van der Waals surface area (Å²) < 4.78 is 54.2. The van der Waals surface area contributed by atoms with Crippen molar-refractivity contribution in [2.24, 2.45) is 11.1 Å². The zero-order valence-corrected chi connectivity index (χ0v) is 15.2. The summed E-state index contributed by atoms with van der Waals surface area (Å²) in [7, 11) is -7.41. The van der Waals surface area contributed by atoms with Crippen LogP contribution in [0.2, 0.25) is 0 Å². The molecule has 1 atom stereocenters. The van der Waals surface area contributed by atoms with Crippen LogP contribution in [0.25, 0.3) is 0 Å². The Balaban J connectivity index is 1.88. The van der Waals surface area contributed by atoms with E-state index in [0.717, 1.165) is 12.8 Å². The normalized spacial score (nSPS) is 25.9. The lowest BCUT2D eigenvalue weighted by Gasteiger charge is -2.22. The average molecular weight is 374 g/mol. The van der Waals surface area contributed by atoms with Gasteiger partial charge in [0, 0.05) is 19.1 Å². The van der Waals surface area contributed by atoms with Crippen molar-refractivity contribution in [2.45, 2.75) is 42.0 Å². The highest BCUT2D eigenvalue weighted by atomic mass is 32.2. The average Bonchev–Trinajstić information content (AvgIpc) is 3.25. The fourth-order valence-electron chi connectivity index (χ4n) is 2.79. The molecule has 1 heterocycles. The Morgan fingerprint density at radius 2 is 1.92 bits per heavy atom. The number of rotatable bonds is 6. The smallest absolute Gasteiger partial charge is 0.243 e. The van der Waals surface area contributed by atoms with Gasteiger partial charge in [0.05, 0.1) is 9.79 Å². The summed E-state index contributed by atoms with van der Waals surface area (Å²) in [5.41, 5.74) is 5.50. The Morgan fingerprint density at radius 3 is 2.50 bits per heavy atom. The van der Waals surface area contributed by atoms with Gasteiger partial charge in [0.25, 0.3) is 0 Å². The lowest BCUT2D eigenvalue weighted by atomic mass is 9.90. The Bertz CT molecular complexity index is 834. The minimum absolute atomic E-state index is 0.00226. The molecule has 7 nitrogen and oxygen atoms in total. The van der Waals surface area contributed by atoms with Crippen LogP contribution in [0.15, 0.2) is 34.1 Å². The highest BCUT2D eigenvalue weighted by Gasteiger charge is 2.39. The Kier molecular flexibility index (Phi) is 4.50. The summed E-state index contributed by atoms with van der Waals surface area (Å²) in [6.07, 6.45) is 2.34. The number of nitrogens with two attached hydrogens (primary N) is 1. The second-order valence-electron chi connectivity index (χ2n) is 6.97. The van der Waals surface area contributed by atoms with Crippen LogP contribution >= 0.6 is 0 Å². The van der Waals surface area contributed by atoms with Gasteiger partial charge in [-0.3, -0.25) is 0 Å². The number of sulfonamides is 2. The van der Waals surface area contributed by atoms with E-state index in [2.05, 4.69) is 4.72 Å². The number of nitrogens with one attached hydrogen (secondary N) is 1. The van der Waals surface area contributed by atoms with Gasteiger partial charge in [0.15, 0.2) is 0 Å². The minimum Gasteiger partial charge on any atom is -0.330 e. The highest BCUT2D eigenvalue weighted by Crippen LogP contribution is 2.33. The maximum Gasteiger partial charge on any atom is 0.243 e. The summed E-state index contributed by atoms with van der Waals surface area (Å²) in [4.78, 5) is -0.0151. The van der Waals surface area contributed by atoms with Gasteiger partial charge in [-0.1, -0.05) is 13.0 Å². The molecule has 0 spiro atoms. The third-order valence-corrected chi connectivity index (χ3v) is 8.03. The van der Waals surface area contributed by atoms with Gasteiger partial charge in [0.1, 0.15) is 0 Å². The van der Waals surface area contributed by atoms with Crippen LogP contribution in [-0.4, -0.2) is 46.8 Å². The molecule has 0 amide bonds. The van der Waals surface area contributed by atoms with E-state index >= 15 is 0 Å². The molecule has 1 unspecified atom stereocenters. The fraction of sp³-hybridized carbons (Fsp3) is 0.600. The van der Waals surface area contributed by atoms with E-state index < -0.39 is 20.0 Å². The molecule has 1 aliphatic heterocycles. The lowest BCUT2D eigenvalue weighted by Crippen LogP contribution is -2.34. The molecular formula is C15H23N3O4S2. The topological polar surface area (TPSA) is 110 Å². The van der Waals surface area contributed by atoms with E-state index in [1.165, 1.54) is 28.6 Å². The first kappa shape index (κ1) is 17.8. The quantitative estimate of drug-likeness (QED) is 0.754. The van der Waals surface area contributed by atoms with Crippen molar-refractivity contribution in [3.8, 4) is 0 Å². The summed E-state index contributed by atoms with van der Waals surface area (Å²) >= 11 is 0. The van der Waals surface area contributed by atoms with Gasteiger partial charge in [-0.2, -0.15) is 4.31 Å².